The van der Waals surface area contributed by atoms with Crippen LogP contribution in [0, 0.1) is 18.1 Å². The summed E-state index contributed by atoms with van der Waals surface area (Å²) in [6.07, 6.45) is 5.58. The monoisotopic (exact) mass is 229 g/mol. The van der Waals surface area contributed by atoms with Crippen molar-refractivity contribution in [1.82, 2.24) is 0 Å². The summed E-state index contributed by atoms with van der Waals surface area (Å²) in [6, 6.07) is 12.5. The number of allylic oxidation sites excluding steroid dienone is 1. The van der Waals surface area contributed by atoms with Crippen LogP contribution in [0.25, 0.3) is 6.08 Å². The SMILES string of the molecule is Fc1ccc([CH]/C=C/c2ccc(F)cc2)cc1. The molecule has 0 aliphatic heterocycles. The van der Waals surface area contributed by atoms with Crippen molar-refractivity contribution in [2.24, 2.45) is 0 Å². The molecule has 85 valence electrons. The average Bonchev–Trinajstić information content (AvgIpc) is 2.34. The molecule has 0 amide bonds. The topological polar surface area (TPSA) is 0 Å². The summed E-state index contributed by atoms with van der Waals surface area (Å²) in [5.41, 5.74) is 1.84. The van der Waals surface area contributed by atoms with Crippen LogP contribution >= 0.6 is 0 Å². The standard InChI is InChI=1S/C15H11F2/c16-14-8-4-12(5-9-14)2-1-3-13-6-10-15(17)11-7-13/h1-11H/b2-1+. The van der Waals surface area contributed by atoms with Gasteiger partial charge in [0.15, 0.2) is 0 Å². The molecule has 1 radical (unpaired) electrons. The summed E-state index contributed by atoms with van der Waals surface area (Å²) in [7, 11) is 0. The van der Waals surface area contributed by atoms with Crippen LogP contribution in [0.15, 0.2) is 54.6 Å². The highest BCUT2D eigenvalue weighted by Crippen LogP contribution is 2.09. The molecule has 2 aromatic carbocycles. The highest BCUT2D eigenvalue weighted by atomic mass is 19.1. The molecule has 0 bridgehead atoms. The first-order chi connectivity index (χ1) is 8.24. The molecular formula is C15H11F2. The first-order valence-corrected chi connectivity index (χ1v) is 5.26. The fourth-order valence-corrected chi connectivity index (χ4v) is 1.42. The molecule has 0 saturated heterocycles. The van der Waals surface area contributed by atoms with Crippen molar-refractivity contribution in [1.29, 1.82) is 0 Å². The zero-order valence-corrected chi connectivity index (χ0v) is 9.11. The summed E-state index contributed by atoms with van der Waals surface area (Å²) >= 11 is 0. The van der Waals surface area contributed by atoms with Gasteiger partial charge in [-0.1, -0.05) is 36.4 Å². The number of hydrogen-bond donors (Lipinski definition) is 0. The molecule has 0 unspecified atom stereocenters. The smallest absolute Gasteiger partial charge is 0.123 e. The van der Waals surface area contributed by atoms with Crippen molar-refractivity contribution in [2.45, 2.75) is 0 Å². The minimum atomic E-state index is -0.246. The van der Waals surface area contributed by atoms with E-state index in [1.54, 1.807) is 24.3 Å². The van der Waals surface area contributed by atoms with Gasteiger partial charge in [0.2, 0.25) is 0 Å². The Morgan fingerprint density at radius 1 is 0.647 bits per heavy atom. The lowest BCUT2D eigenvalue weighted by Crippen LogP contribution is -1.79. The number of halogens is 2. The highest BCUT2D eigenvalue weighted by Gasteiger charge is 1.92. The Labute approximate surface area is 99.2 Å². The predicted octanol–water partition coefficient (Wildman–Crippen LogP) is 4.23. The van der Waals surface area contributed by atoms with Gasteiger partial charge in [0.1, 0.15) is 11.6 Å². The maximum absolute atomic E-state index is 12.6. The van der Waals surface area contributed by atoms with E-state index in [0.717, 1.165) is 11.1 Å². The molecular weight excluding hydrogens is 218 g/mol. The van der Waals surface area contributed by atoms with Gasteiger partial charge in [-0.15, -0.1) is 0 Å². The van der Waals surface area contributed by atoms with Crippen LogP contribution in [0.4, 0.5) is 8.78 Å². The first-order valence-electron chi connectivity index (χ1n) is 5.26. The Hall–Kier alpha value is -1.96. The van der Waals surface area contributed by atoms with E-state index in [0.29, 0.717) is 0 Å². The summed E-state index contributed by atoms with van der Waals surface area (Å²) in [5, 5.41) is 0. The summed E-state index contributed by atoms with van der Waals surface area (Å²) in [4.78, 5) is 0. The molecule has 0 heterocycles. The molecule has 0 atom stereocenters. The van der Waals surface area contributed by atoms with E-state index in [1.165, 1.54) is 24.3 Å². The Morgan fingerprint density at radius 3 is 1.65 bits per heavy atom. The fraction of sp³-hybridized carbons (Fsp3) is 0. The van der Waals surface area contributed by atoms with Crippen molar-refractivity contribution in [3.8, 4) is 0 Å². The summed E-state index contributed by atoms with van der Waals surface area (Å²) < 4.78 is 25.3. The van der Waals surface area contributed by atoms with Gasteiger partial charge in [0.25, 0.3) is 0 Å². The van der Waals surface area contributed by atoms with E-state index in [4.69, 9.17) is 0 Å². The van der Waals surface area contributed by atoms with Crippen LogP contribution in [0.3, 0.4) is 0 Å². The minimum absolute atomic E-state index is 0.246. The second-order valence-electron chi connectivity index (χ2n) is 3.63. The molecule has 0 aliphatic carbocycles. The quantitative estimate of drug-likeness (QED) is 0.738. The van der Waals surface area contributed by atoms with Gasteiger partial charge in [0, 0.05) is 6.42 Å². The third-order valence-electron chi connectivity index (χ3n) is 2.32. The minimum Gasteiger partial charge on any atom is -0.207 e. The van der Waals surface area contributed by atoms with E-state index in [2.05, 4.69) is 0 Å². The Kier molecular flexibility index (Phi) is 3.66. The number of benzene rings is 2. The highest BCUT2D eigenvalue weighted by molar-refractivity contribution is 5.51. The molecule has 0 aromatic heterocycles. The molecule has 2 aromatic rings. The molecule has 0 spiro atoms. The summed E-state index contributed by atoms with van der Waals surface area (Å²) in [6.45, 7) is 0. The van der Waals surface area contributed by atoms with E-state index in [-0.39, 0.29) is 11.6 Å². The lowest BCUT2D eigenvalue weighted by molar-refractivity contribution is 0.627. The van der Waals surface area contributed by atoms with Gasteiger partial charge >= 0.3 is 0 Å². The predicted molar refractivity (Wildman–Crippen MR) is 65.2 cm³/mol. The third kappa shape index (κ3) is 3.52. The maximum Gasteiger partial charge on any atom is 0.123 e. The lowest BCUT2D eigenvalue weighted by Gasteiger charge is -1.96. The molecule has 0 aliphatic rings. The van der Waals surface area contributed by atoms with Gasteiger partial charge in [-0.25, -0.2) is 8.78 Å². The molecule has 0 saturated carbocycles. The average molecular weight is 229 g/mol. The van der Waals surface area contributed by atoms with Crippen LogP contribution in [0.1, 0.15) is 11.1 Å². The van der Waals surface area contributed by atoms with Gasteiger partial charge in [-0.3, -0.25) is 0 Å². The number of hydrogen-bond acceptors (Lipinski definition) is 0. The fourth-order valence-electron chi connectivity index (χ4n) is 1.42. The van der Waals surface area contributed by atoms with E-state index in [9.17, 15) is 8.78 Å². The third-order valence-corrected chi connectivity index (χ3v) is 2.32. The van der Waals surface area contributed by atoms with Crippen LogP contribution in [0.2, 0.25) is 0 Å². The maximum atomic E-state index is 12.6. The van der Waals surface area contributed by atoms with Crippen molar-refractivity contribution >= 4 is 6.08 Å². The second-order valence-corrected chi connectivity index (χ2v) is 3.63. The van der Waals surface area contributed by atoms with Gasteiger partial charge in [0.05, 0.1) is 0 Å². The zero-order valence-electron chi connectivity index (χ0n) is 9.11. The molecule has 0 N–H and O–H groups in total. The molecule has 0 fully saturated rings. The molecule has 2 heteroatoms. The van der Waals surface area contributed by atoms with E-state index >= 15 is 0 Å². The first kappa shape index (κ1) is 11.5. The lowest BCUT2D eigenvalue weighted by atomic mass is 10.1. The summed E-state index contributed by atoms with van der Waals surface area (Å²) in [5.74, 6) is -0.491. The van der Waals surface area contributed by atoms with Crippen LogP contribution in [-0.2, 0) is 0 Å². The van der Waals surface area contributed by atoms with Crippen molar-refractivity contribution in [2.75, 3.05) is 0 Å². The van der Waals surface area contributed by atoms with Gasteiger partial charge < -0.3 is 0 Å². The second kappa shape index (κ2) is 5.39. The molecule has 0 nitrogen and oxygen atoms in total. The normalized spacial score (nSPS) is 10.9. The van der Waals surface area contributed by atoms with Crippen LogP contribution in [-0.4, -0.2) is 0 Å². The van der Waals surface area contributed by atoms with Crippen LogP contribution < -0.4 is 0 Å². The van der Waals surface area contributed by atoms with Crippen molar-refractivity contribution < 1.29 is 8.78 Å². The number of rotatable bonds is 3. The van der Waals surface area contributed by atoms with Crippen LogP contribution in [0.5, 0.6) is 0 Å². The van der Waals surface area contributed by atoms with Crippen molar-refractivity contribution in [3.63, 3.8) is 0 Å². The van der Waals surface area contributed by atoms with Gasteiger partial charge in [-0.05, 0) is 35.4 Å². The Morgan fingerprint density at radius 2 is 1.12 bits per heavy atom. The molecule has 2 rings (SSSR count). The Bertz CT molecular complexity index is 495. The van der Waals surface area contributed by atoms with Crippen molar-refractivity contribution in [3.05, 3.63) is 83.8 Å². The largest absolute Gasteiger partial charge is 0.207 e. The molecule has 17 heavy (non-hydrogen) atoms. The van der Waals surface area contributed by atoms with E-state index < -0.39 is 0 Å². The zero-order chi connectivity index (χ0) is 12.1. The van der Waals surface area contributed by atoms with Gasteiger partial charge in [-0.2, -0.15) is 0 Å². The Balaban J connectivity index is 1.97. The van der Waals surface area contributed by atoms with E-state index in [1.807, 2.05) is 18.6 Å².